The van der Waals surface area contributed by atoms with Gasteiger partial charge in [-0.05, 0) is 36.4 Å². The molecule has 0 amide bonds. The number of hydrogen-bond donors (Lipinski definition) is 1. The standard InChI is InChI=1S/C13H17IN2O7/c1-13(2)22-9(8(5-20-3)21-6-17)11(23-13)16-4-7(14)10(18)15-12(16)19/h4,6,8-9,11H,5H2,1-3H3,(H,15,18,19)/t8-,9-,11+/m1/s1. The van der Waals surface area contributed by atoms with E-state index in [1.807, 2.05) is 22.6 Å². The van der Waals surface area contributed by atoms with Crippen LogP contribution in [0.1, 0.15) is 20.1 Å². The minimum atomic E-state index is -1.01. The zero-order valence-electron chi connectivity index (χ0n) is 12.8. The number of ether oxygens (including phenoxy) is 4. The molecule has 9 nitrogen and oxygen atoms in total. The van der Waals surface area contributed by atoms with E-state index >= 15 is 0 Å². The molecule has 0 aliphatic carbocycles. The number of aromatic nitrogens is 2. The second-order valence-electron chi connectivity index (χ2n) is 5.36. The monoisotopic (exact) mass is 440 g/mol. The summed E-state index contributed by atoms with van der Waals surface area (Å²) in [5, 5.41) is 0. The molecule has 1 aromatic heterocycles. The Kier molecular flexibility index (Phi) is 5.60. The SMILES string of the molecule is COC[C@@H](OC=O)[C@H]1OC(C)(C)O[C@@H]1n1cc(I)c(=O)[nH]c1=O. The number of H-pyrrole nitrogens is 1. The van der Waals surface area contributed by atoms with Crippen LogP contribution in [0.15, 0.2) is 15.8 Å². The Morgan fingerprint density at radius 1 is 1.48 bits per heavy atom. The third-order valence-corrected chi connectivity index (χ3v) is 4.00. The zero-order valence-corrected chi connectivity index (χ0v) is 14.9. The molecule has 0 aromatic carbocycles. The van der Waals surface area contributed by atoms with Gasteiger partial charge in [-0.2, -0.15) is 0 Å². The van der Waals surface area contributed by atoms with Crippen molar-refractivity contribution < 1.29 is 23.7 Å². The first-order valence-electron chi connectivity index (χ1n) is 6.73. The van der Waals surface area contributed by atoms with Gasteiger partial charge in [-0.25, -0.2) is 4.79 Å². The van der Waals surface area contributed by atoms with Gasteiger partial charge < -0.3 is 18.9 Å². The largest absolute Gasteiger partial charge is 0.459 e. The average Bonchev–Trinajstić information content (AvgIpc) is 2.78. The summed E-state index contributed by atoms with van der Waals surface area (Å²) < 4.78 is 23.1. The van der Waals surface area contributed by atoms with Crippen LogP contribution in [0.3, 0.4) is 0 Å². The third-order valence-electron chi connectivity index (χ3n) is 3.23. The van der Waals surface area contributed by atoms with Gasteiger partial charge in [0.1, 0.15) is 6.10 Å². The Labute approximate surface area is 145 Å². The molecule has 0 spiro atoms. The van der Waals surface area contributed by atoms with Crippen LogP contribution in [-0.2, 0) is 23.7 Å². The molecule has 3 atom stereocenters. The molecule has 10 heteroatoms. The number of hydrogen-bond acceptors (Lipinski definition) is 7. The topological polar surface area (TPSA) is 109 Å². The molecular formula is C13H17IN2O7. The predicted molar refractivity (Wildman–Crippen MR) is 85.9 cm³/mol. The quantitative estimate of drug-likeness (QED) is 0.489. The maximum atomic E-state index is 12.1. The minimum absolute atomic E-state index is 0.0640. The first-order valence-corrected chi connectivity index (χ1v) is 7.81. The summed E-state index contributed by atoms with van der Waals surface area (Å²) in [5.41, 5.74) is -1.13. The van der Waals surface area contributed by atoms with E-state index in [1.54, 1.807) is 13.8 Å². The Morgan fingerprint density at radius 2 is 2.17 bits per heavy atom. The molecule has 1 saturated heterocycles. The molecule has 23 heavy (non-hydrogen) atoms. The summed E-state index contributed by atoms with van der Waals surface area (Å²) in [6.45, 7) is 3.70. The molecule has 2 heterocycles. The van der Waals surface area contributed by atoms with Crippen molar-refractivity contribution in [3.63, 3.8) is 0 Å². The van der Waals surface area contributed by atoms with Gasteiger partial charge in [-0.15, -0.1) is 0 Å². The fraction of sp³-hybridized carbons (Fsp3) is 0.615. The highest BCUT2D eigenvalue weighted by atomic mass is 127. The van der Waals surface area contributed by atoms with Gasteiger partial charge in [0.05, 0.1) is 10.2 Å². The summed E-state index contributed by atoms with van der Waals surface area (Å²) in [6, 6.07) is 0. The highest BCUT2D eigenvalue weighted by Crippen LogP contribution is 2.36. The number of nitrogens with one attached hydrogen (secondary N) is 1. The van der Waals surface area contributed by atoms with Gasteiger partial charge in [0.25, 0.3) is 12.0 Å². The second kappa shape index (κ2) is 7.11. The Balaban J connectivity index is 2.45. The number of methoxy groups -OCH3 is 1. The first kappa shape index (κ1) is 18.1. The summed E-state index contributed by atoms with van der Waals surface area (Å²) in [6.07, 6.45) is -1.08. The van der Waals surface area contributed by atoms with E-state index in [9.17, 15) is 14.4 Å². The zero-order chi connectivity index (χ0) is 17.2. The molecule has 128 valence electrons. The summed E-state index contributed by atoms with van der Waals surface area (Å²) >= 11 is 1.81. The lowest BCUT2D eigenvalue weighted by Gasteiger charge is -2.25. The smallest absolute Gasteiger partial charge is 0.330 e. The van der Waals surface area contributed by atoms with E-state index < -0.39 is 35.5 Å². The highest BCUT2D eigenvalue weighted by molar-refractivity contribution is 14.1. The normalized spacial score (nSPS) is 24.3. The molecule has 0 radical (unpaired) electrons. The molecule has 2 rings (SSSR count). The highest BCUT2D eigenvalue weighted by Gasteiger charge is 2.47. The third kappa shape index (κ3) is 4.00. The number of aromatic amines is 1. The Hall–Kier alpha value is -1.24. The van der Waals surface area contributed by atoms with Gasteiger partial charge in [-0.1, -0.05) is 0 Å². The van der Waals surface area contributed by atoms with Crippen molar-refractivity contribution in [1.29, 1.82) is 0 Å². The lowest BCUT2D eigenvalue weighted by atomic mass is 10.2. The van der Waals surface area contributed by atoms with Crippen molar-refractivity contribution in [2.45, 2.75) is 38.1 Å². The fourth-order valence-corrected chi connectivity index (χ4v) is 2.78. The lowest BCUT2D eigenvalue weighted by Crippen LogP contribution is -2.43. The van der Waals surface area contributed by atoms with Gasteiger partial charge >= 0.3 is 5.69 Å². The molecule has 1 aliphatic heterocycles. The molecule has 1 aromatic rings. The molecular weight excluding hydrogens is 423 g/mol. The van der Waals surface area contributed by atoms with Crippen LogP contribution in [0.5, 0.6) is 0 Å². The number of nitrogens with zero attached hydrogens (tertiary/aromatic N) is 1. The van der Waals surface area contributed by atoms with Crippen LogP contribution >= 0.6 is 22.6 Å². The fourth-order valence-electron chi connectivity index (χ4n) is 2.34. The van der Waals surface area contributed by atoms with E-state index in [1.165, 1.54) is 17.9 Å². The summed E-state index contributed by atoms with van der Waals surface area (Å²) in [7, 11) is 1.45. The molecule has 1 N–H and O–H groups in total. The van der Waals surface area contributed by atoms with Gasteiger partial charge in [-0.3, -0.25) is 19.1 Å². The maximum absolute atomic E-state index is 12.1. The summed E-state index contributed by atoms with van der Waals surface area (Å²) in [5.74, 6) is -1.01. The Bertz CT molecular complexity index is 684. The van der Waals surface area contributed by atoms with Crippen molar-refractivity contribution in [3.8, 4) is 0 Å². The Morgan fingerprint density at radius 3 is 2.78 bits per heavy atom. The number of rotatable bonds is 6. The van der Waals surface area contributed by atoms with Crippen LogP contribution in [-0.4, -0.2) is 47.7 Å². The van der Waals surface area contributed by atoms with Gasteiger partial charge in [0.2, 0.25) is 0 Å². The van der Waals surface area contributed by atoms with Gasteiger partial charge in [0.15, 0.2) is 18.1 Å². The van der Waals surface area contributed by atoms with Gasteiger partial charge in [0, 0.05) is 13.3 Å². The number of carbonyl (C=O) groups excluding carboxylic acids is 1. The van der Waals surface area contributed by atoms with Crippen LogP contribution in [0, 0.1) is 3.57 Å². The first-order chi connectivity index (χ1) is 10.8. The van der Waals surface area contributed by atoms with Crippen LogP contribution < -0.4 is 11.2 Å². The molecule has 1 fully saturated rings. The van der Waals surface area contributed by atoms with Crippen LogP contribution in [0.2, 0.25) is 0 Å². The lowest BCUT2D eigenvalue weighted by molar-refractivity contribution is -0.169. The molecule has 0 bridgehead atoms. The maximum Gasteiger partial charge on any atom is 0.330 e. The molecule has 1 aliphatic rings. The van der Waals surface area contributed by atoms with Crippen molar-refractivity contribution >= 4 is 29.1 Å². The van der Waals surface area contributed by atoms with E-state index in [-0.39, 0.29) is 13.1 Å². The van der Waals surface area contributed by atoms with E-state index in [0.717, 1.165) is 0 Å². The summed E-state index contributed by atoms with van der Waals surface area (Å²) in [4.78, 5) is 36.5. The minimum Gasteiger partial charge on any atom is -0.459 e. The van der Waals surface area contributed by atoms with Crippen LogP contribution in [0.25, 0.3) is 0 Å². The number of halogens is 1. The van der Waals surface area contributed by atoms with Crippen molar-refractivity contribution in [1.82, 2.24) is 9.55 Å². The van der Waals surface area contributed by atoms with E-state index in [0.29, 0.717) is 3.57 Å². The average molecular weight is 440 g/mol. The molecule has 0 saturated carbocycles. The van der Waals surface area contributed by atoms with E-state index in [2.05, 4.69) is 4.98 Å². The van der Waals surface area contributed by atoms with Crippen LogP contribution in [0.4, 0.5) is 0 Å². The second-order valence-corrected chi connectivity index (χ2v) is 6.52. The van der Waals surface area contributed by atoms with Crippen molar-refractivity contribution in [3.05, 3.63) is 30.6 Å². The van der Waals surface area contributed by atoms with E-state index in [4.69, 9.17) is 18.9 Å². The van der Waals surface area contributed by atoms with Crippen molar-refractivity contribution in [2.75, 3.05) is 13.7 Å². The molecule has 0 unspecified atom stereocenters. The number of carbonyl (C=O) groups is 1. The van der Waals surface area contributed by atoms with Crippen molar-refractivity contribution in [2.24, 2.45) is 0 Å². The predicted octanol–water partition coefficient (Wildman–Crippen LogP) is -0.0207.